The molecule has 4 aromatic rings. The minimum Gasteiger partial charge on any atom is -0.461 e. The maximum Gasteiger partial charge on any atom is 0.355 e. The van der Waals surface area contributed by atoms with Crippen LogP contribution in [0.3, 0.4) is 0 Å². The molecule has 3 aromatic carbocycles. The van der Waals surface area contributed by atoms with Crippen molar-refractivity contribution in [3.63, 3.8) is 0 Å². The summed E-state index contributed by atoms with van der Waals surface area (Å²) < 4.78 is 7.95. The van der Waals surface area contributed by atoms with Crippen molar-refractivity contribution in [2.24, 2.45) is 0 Å². The molecule has 1 aromatic heterocycles. The normalized spacial score (nSPS) is 14.4. The average molecular weight is 495 g/mol. The molecule has 0 unspecified atom stereocenters. The van der Waals surface area contributed by atoms with Crippen molar-refractivity contribution in [3.05, 3.63) is 106 Å². The van der Waals surface area contributed by atoms with E-state index < -0.39 is 0 Å². The van der Waals surface area contributed by atoms with Crippen LogP contribution in [-0.4, -0.2) is 41.7 Å². The summed E-state index contributed by atoms with van der Waals surface area (Å²) in [6.45, 7) is 10.4. The van der Waals surface area contributed by atoms with E-state index in [1.807, 2.05) is 6.92 Å². The van der Waals surface area contributed by atoms with E-state index in [9.17, 15) is 4.79 Å². The largest absolute Gasteiger partial charge is 0.461 e. The molecule has 2 heterocycles. The number of benzene rings is 3. The fourth-order valence-electron chi connectivity index (χ4n) is 5.74. The first-order chi connectivity index (χ1) is 18.1. The number of hydrogen-bond acceptors (Lipinski definition) is 3. The number of para-hydroxylation sites is 1. The Kier molecular flexibility index (Phi) is 7.76. The summed E-state index contributed by atoms with van der Waals surface area (Å²) in [5, 5.41) is 1.12. The number of carbonyl (C=O) groups excluding carboxylic acids is 1. The summed E-state index contributed by atoms with van der Waals surface area (Å²) in [7, 11) is 0. The molecule has 1 aliphatic heterocycles. The van der Waals surface area contributed by atoms with E-state index in [-0.39, 0.29) is 11.9 Å². The van der Waals surface area contributed by atoms with Crippen LogP contribution in [0.5, 0.6) is 0 Å². The highest BCUT2D eigenvalue weighted by Crippen LogP contribution is 2.40. The van der Waals surface area contributed by atoms with Crippen LogP contribution in [-0.2, 0) is 11.3 Å². The number of carbonyl (C=O) groups is 1. The van der Waals surface area contributed by atoms with Crippen LogP contribution in [0, 0.1) is 13.8 Å². The maximum absolute atomic E-state index is 13.7. The molecule has 4 nitrogen and oxygen atoms in total. The average Bonchev–Trinajstić information content (AvgIpc) is 3.24. The molecule has 0 radical (unpaired) electrons. The zero-order valence-corrected chi connectivity index (χ0v) is 22.4. The summed E-state index contributed by atoms with van der Waals surface area (Å²) in [5.74, 6) is -0.321. The molecule has 0 amide bonds. The number of aryl methyl sites for hydroxylation is 2. The number of ether oxygens (including phenoxy) is 1. The van der Waals surface area contributed by atoms with Crippen molar-refractivity contribution in [3.8, 4) is 0 Å². The second-order valence-corrected chi connectivity index (χ2v) is 10.3. The van der Waals surface area contributed by atoms with Crippen LogP contribution in [0.4, 0.5) is 0 Å². The van der Waals surface area contributed by atoms with Gasteiger partial charge in [0.05, 0.1) is 6.61 Å². The Bertz CT molecular complexity index is 1300. The molecule has 1 aliphatic rings. The van der Waals surface area contributed by atoms with E-state index in [4.69, 9.17) is 4.74 Å². The first-order valence-corrected chi connectivity index (χ1v) is 13.7. The Morgan fingerprint density at radius 2 is 1.41 bits per heavy atom. The fraction of sp³-hybridized carbons (Fsp3) is 0.364. The van der Waals surface area contributed by atoms with E-state index in [0.717, 1.165) is 42.6 Å². The second kappa shape index (κ2) is 11.4. The lowest BCUT2D eigenvalue weighted by molar-refractivity contribution is 0.0512. The lowest BCUT2D eigenvalue weighted by atomic mass is 9.83. The van der Waals surface area contributed by atoms with E-state index >= 15 is 0 Å². The standard InChI is InChI=1S/C33H38N2O2/c1-4-37-33(36)32-31(30(26-16-12-24(2)13-17-26)27-18-14-25(3)15-19-27)28-10-6-7-11-29(28)35(32)23-22-34-20-8-5-9-21-34/h6-7,10-19,30H,4-5,8-9,20-23H2,1-3H3. The van der Waals surface area contributed by atoms with Crippen molar-refractivity contribution in [2.75, 3.05) is 26.2 Å². The van der Waals surface area contributed by atoms with Crippen molar-refractivity contribution in [2.45, 2.75) is 52.5 Å². The Morgan fingerprint density at radius 3 is 2.00 bits per heavy atom. The first kappa shape index (κ1) is 25.3. The van der Waals surface area contributed by atoms with E-state index in [0.29, 0.717) is 12.3 Å². The zero-order chi connectivity index (χ0) is 25.8. The highest BCUT2D eigenvalue weighted by Gasteiger charge is 2.31. The highest BCUT2D eigenvalue weighted by atomic mass is 16.5. The van der Waals surface area contributed by atoms with Crippen molar-refractivity contribution < 1.29 is 9.53 Å². The summed E-state index contributed by atoms with van der Waals surface area (Å²) in [6, 6.07) is 25.9. The molecule has 0 spiro atoms. The van der Waals surface area contributed by atoms with Crippen LogP contribution in [0.15, 0.2) is 72.8 Å². The number of aromatic nitrogens is 1. The van der Waals surface area contributed by atoms with Crippen LogP contribution >= 0.6 is 0 Å². The van der Waals surface area contributed by atoms with Gasteiger partial charge in [-0.25, -0.2) is 4.79 Å². The van der Waals surface area contributed by atoms with Crippen molar-refractivity contribution in [1.29, 1.82) is 0 Å². The third-order valence-corrected chi connectivity index (χ3v) is 7.68. The van der Waals surface area contributed by atoms with Gasteiger partial charge in [-0.1, -0.05) is 84.3 Å². The topological polar surface area (TPSA) is 34.5 Å². The number of esters is 1. The van der Waals surface area contributed by atoms with Crippen molar-refractivity contribution in [1.82, 2.24) is 9.47 Å². The smallest absolute Gasteiger partial charge is 0.355 e. The third kappa shape index (κ3) is 5.35. The molecular weight excluding hydrogens is 456 g/mol. The number of likely N-dealkylation sites (tertiary alicyclic amines) is 1. The lowest BCUT2D eigenvalue weighted by Crippen LogP contribution is -2.33. The van der Waals surface area contributed by atoms with Gasteiger partial charge in [0.1, 0.15) is 5.69 Å². The maximum atomic E-state index is 13.7. The third-order valence-electron chi connectivity index (χ3n) is 7.68. The van der Waals surface area contributed by atoms with Crippen LogP contribution < -0.4 is 0 Å². The summed E-state index contributed by atoms with van der Waals surface area (Å²) >= 11 is 0. The van der Waals surface area contributed by atoms with Crippen molar-refractivity contribution >= 4 is 16.9 Å². The van der Waals surface area contributed by atoms with Gasteiger partial charge in [-0.2, -0.15) is 0 Å². The SMILES string of the molecule is CCOC(=O)c1c(C(c2ccc(C)cc2)c2ccc(C)cc2)c2ccccc2n1CCN1CCCCC1. The first-order valence-electron chi connectivity index (χ1n) is 13.7. The van der Waals surface area contributed by atoms with Gasteiger partial charge in [-0.05, 0) is 63.9 Å². The van der Waals surface area contributed by atoms with Crippen LogP contribution in [0.1, 0.15) is 70.4 Å². The molecule has 192 valence electrons. The van der Waals surface area contributed by atoms with Gasteiger partial charge in [-0.15, -0.1) is 0 Å². The monoisotopic (exact) mass is 494 g/mol. The van der Waals surface area contributed by atoms with Gasteiger partial charge in [0.2, 0.25) is 0 Å². The van der Waals surface area contributed by atoms with Gasteiger partial charge in [0.15, 0.2) is 0 Å². The predicted molar refractivity (Wildman–Crippen MR) is 151 cm³/mol. The fourth-order valence-corrected chi connectivity index (χ4v) is 5.74. The van der Waals surface area contributed by atoms with Gasteiger partial charge in [-0.3, -0.25) is 0 Å². The lowest BCUT2D eigenvalue weighted by Gasteiger charge is -2.27. The number of nitrogens with zero attached hydrogens (tertiary/aromatic N) is 2. The van der Waals surface area contributed by atoms with Crippen LogP contribution in [0.25, 0.3) is 10.9 Å². The predicted octanol–water partition coefficient (Wildman–Crippen LogP) is 7.10. The number of piperidine rings is 1. The molecule has 1 fully saturated rings. The molecule has 37 heavy (non-hydrogen) atoms. The molecule has 0 atom stereocenters. The quantitative estimate of drug-likeness (QED) is 0.245. The Morgan fingerprint density at radius 1 is 0.811 bits per heavy atom. The van der Waals surface area contributed by atoms with Gasteiger partial charge in [0, 0.05) is 35.5 Å². The Hall–Kier alpha value is -3.37. The number of rotatable bonds is 8. The molecule has 0 N–H and O–H groups in total. The minimum atomic E-state index is -0.239. The van der Waals surface area contributed by atoms with E-state index in [2.05, 4.69) is 96.1 Å². The second-order valence-electron chi connectivity index (χ2n) is 10.3. The van der Waals surface area contributed by atoms with Crippen LogP contribution in [0.2, 0.25) is 0 Å². The number of fused-ring (bicyclic) bond motifs is 1. The molecule has 1 saturated heterocycles. The molecule has 4 heteroatoms. The van der Waals surface area contributed by atoms with Gasteiger partial charge < -0.3 is 14.2 Å². The van der Waals surface area contributed by atoms with Gasteiger partial charge in [0.25, 0.3) is 0 Å². The molecule has 5 rings (SSSR count). The van der Waals surface area contributed by atoms with Gasteiger partial charge >= 0.3 is 5.97 Å². The molecule has 0 saturated carbocycles. The van der Waals surface area contributed by atoms with E-state index in [1.54, 1.807) is 0 Å². The summed E-state index contributed by atoms with van der Waals surface area (Å²) in [4.78, 5) is 16.3. The Balaban J connectivity index is 1.72. The molecule has 0 aliphatic carbocycles. The summed E-state index contributed by atoms with van der Waals surface area (Å²) in [5.41, 5.74) is 7.63. The highest BCUT2D eigenvalue weighted by molar-refractivity contribution is 6.00. The summed E-state index contributed by atoms with van der Waals surface area (Å²) in [6.07, 6.45) is 3.83. The number of hydrogen-bond donors (Lipinski definition) is 0. The Labute approximate surface area is 220 Å². The molecule has 0 bridgehead atoms. The zero-order valence-electron chi connectivity index (χ0n) is 22.4. The molecular formula is C33H38N2O2. The van der Waals surface area contributed by atoms with E-state index in [1.165, 1.54) is 41.5 Å². The minimum absolute atomic E-state index is 0.0817.